The van der Waals surface area contributed by atoms with Crippen LogP contribution < -0.4 is 9.46 Å². The predicted octanol–water partition coefficient (Wildman–Crippen LogP) is 1.68. The minimum atomic E-state index is -3.81. The van der Waals surface area contributed by atoms with E-state index < -0.39 is 20.5 Å². The number of nitrogens with one attached hydrogen (secondary N) is 1. The van der Waals surface area contributed by atoms with Crippen molar-refractivity contribution in [2.45, 2.75) is 31.2 Å². The molecule has 0 unspecified atom stereocenters. The second kappa shape index (κ2) is 5.14. The number of hydrogen-bond acceptors (Lipinski definition) is 5. The molecule has 1 N–H and O–H groups in total. The van der Waals surface area contributed by atoms with Crippen molar-refractivity contribution in [2.75, 3.05) is 7.11 Å². The van der Waals surface area contributed by atoms with Crippen LogP contribution >= 0.6 is 0 Å². The molecule has 106 valence electrons. The molecule has 0 bridgehead atoms. The summed E-state index contributed by atoms with van der Waals surface area (Å²) in [5.41, 5.74) is -1.06. The molecule has 0 heterocycles. The molecule has 1 aromatic rings. The van der Waals surface area contributed by atoms with Crippen LogP contribution in [0.3, 0.4) is 0 Å². The Labute approximate surface area is 111 Å². The molecule has 0 aliphatic heterocycles. The summed E-state index contributed by atoms with van der Waals surface area (Å²) in [4.78, 5) is 10.00. The highest BCUT2D eigenvalue weighted by Crippen LogP contribution is 2.29. The maximum Gasteiger partial charge on any atom is 0.312 e. The minimum Gasteiger partial charge on any atom is -0.490 e. The fourth-order valence-corrected chi connectivity index (χ4v) is 2.88. The lowest BCUT2D eigenvalue weighted by molar-refractivity contribution is -0.386. The standard InChI is InChI=1S/C11H16N2O5S/c1-11(2,3)12-19(16,17)8-5-6-10(18-4)9(7-8)13(14)15/h5-7,12H,1-4H3. The molecule has 0 radical (unpaired) electrons. The van der Waals surface area contributed by atoms with Crippen molar-refractivity contribution >= 4 is 15.7 Å². The number of benzene rings is 1. The molecule has 0 saturated heterocycles. The second-order valence-electron chi connectivity index (χ2n) is 4.95. The first-order valence-corrected chi connectivity index (χ1v) is 6.91. The van der Waals surface area contributed by atoms with Crippen molar-refractivity contribution in [2.24, 2.45) is 0 Å². The smallest absolute Gasteiger partial charge is 0.312 e. The summed E-state index contributed by atoms with van der Waals surface area (Å²) in [6, 6.07) is 3.50. The van der Waals surface area contributed by atoms with E-state index in [9.17, 15) is 18.5 Å². The Balaban J connectivity index is 3.30. The van der Waals surface area contributed by atoms with Gasteiger partial charge in [-0.05, 0) is 32.9 Å². The van der Waals surface area contributed by atoms with Gasteiger partial charge in [0.25, 0.3) is 0 Å². The largest absolute Gasteiger partial charge is 0.490 e. The Morgan fingerprint density at radius 3 is 2.32 bits per heavy atom. The summed E-state index contributed by atoms with van der Waals surface area (Å²) >= 11 is 0. The van der Waals surface area contributed by atoms with Crippen molar-refractivity contribution in [1.82, 2.24) is 4.72 Å². The van der Waals surface area contributed by atoms with E-state index in [4.69, 9.17) is 4.74 Å². The SMILES string of the molecule is COc1ccc(S(=O)(=O)NC(C)(C)C)cc1[N+](=O)[O-]. The molecule has 0 spiro atoms. The van der Waals surface area contributed by atoms with Crippen LogP contribution in [0.25, 0.3) is 0 Å². The van der Waals surface area contributed by atoms with Crippen LogP contribution in [0.5, 0.6) is 5.75 Å². The van der Waals surface area contributed by atoms with Crippen LogP contribution in [0, 0.1) is 10.1 Å². The first-order chi connectivity index (χ1) is 8.57. The Bertz CT molecular complexity index is 590. The van der Waals surface area contributed by atoms with E-state index in [1.807, 2.05) is 0 Å². The zero-order chi connectivity index (χ0) is 14.8. The third-order valence-corrected chi connectivity index (χ3v) is 3.85. The summed E-state index contributed by atoms with van der Waals surface area (Å²) in [6.45, 7) is 5.05. The van der Waals surface area contributed by atoms with Crippen LogP contribution in [0.2, 0.25) is 0 Å². The molecule has 0 aliphatic carbocycles. The van der Waals surface area contributed by atoms with Gasteiger partial charge in [-0.1, -0.05) is 0 Å². The number of ether oxygens (including phenoxy) is 1. The molecule has 0 atom stereocenters. The van der Waals surface area contributed by atoms with Gasteiger partial charge in [-0.3, -0.25) is 10.1 Å². The van der Waals surface area contributed by atoms with Crippen LogP contribution in [0.1, 0.15) is 20.8 Å². The summed E-state index contributed by atoms with van der Waals surface area (Å²) in [7, 11) is -2.53. The van der Waals surface area contributed by atoms with E-state index in [1.54, 1.807) is 20.8 Å². The highest BCUT2D eigenvalue weighted by atomic mass is 32.2. The zero-order valence-electron chi connectivity index (χ0n) is 11.1. The minimum absolute atomic E-state index is 0.0136. The van der Waals surface area contributed by atoms with Crippen molar-refractivity contribution in [3.05, 3.63) is 28.3 Å². The fraction of sp³-hybridized carbons (Fsp3) is 0.455. The van der Waals surface area contributed by atoms with Gasteiger partial charge in [0.2, 0.25) is 10.0 Å². The lowest BCUT2D eigenvalue weighted by Gasteiger charge is -2.20. The number of sulfonamides is 1. The summed E-state index contributed by atoms with van der Waals surface area (Å²) in [5.74, 6) is 0.0136. The third-order valence-electron chi connectivity index (χ3n) is 2.10. The molecule has 0 aromatic heterocycles. The molecule has 0 amide bonds. The van der Waals surface area contributed by atoms with Gasteiger partial charge in [-0.15, -0.1) is 0 Å². The van der Waals surface area contributed by atoms with E-state index >= 15 is 0 Å². The average Bonchev–Trinajstić information content (AvgIpc) is 2.24. The van der Waals surface area contributed by atoms with E-state index in [-0.39, 0.29) is 16.3 Å². The molecular formula is C11H16N2O5S. The van der Waals surface area contributed by atoms with Crippen LogP contribution in [-0.2, 0) is 10.0 Å². The topological polar surface area (TPSA) is 98.5 Å². The van der Waals surface area contributed by atoms with Crippen molar-refractivity contribution in [1.29, 1.82) is 0 Å². The quantitative estimate of drug-likeness (QED) is 0.671. The van der Waals surface area contributed by atoms with E-state index in [0.29, 0.717) is 0 Å². The number of nitro groups is 1. The highest BCUT2D eigenvalue weighted by molar-refractivity contribution is 7.89. The van der Waals surface area contributed by atoms with Gasteiger partial charge in [0.05, 0.1) is 16.9 Å². The molecule has 0 aliphatic rings. The van der Waals surface area contributed by atoms with Gasteiger partial charge in [-0.2, -0.15) is 0 Å². The Morgan fingerprint density at radius 1 is 1.32 bits per heavy atom. The van der Waals surface area contributed by atoms with Gasteiger partial charge >= 0.3 is 5.69 Å². The monoisotopic (exact) mass is 288 g/mol. The normalized spacial score (nSPS) is 12.2. The molecule has 19 heavy (non-hydrogen) atoms. The Hall–Kier alpha value is -1.67. The number of nitro benzene ring substituents is 1. The highest BCUT2D eigenvalue weighted by Gasteiger charge is 2.25. The molecule has 1 rings (SSSR count). The third kappa shape index (κ3) is 3.90. The summed E-state index contributed by atoms with van der Waals surface area (Å²) < 4.78 is 31.3. The molecular weight excluding hydrogens is 272 g/mol. The fourth-order valence-electron chi connectivity index (χ4n) is 1.44. The number of nitrogens with zero attached hydrogens (tertiary/aromatic N) is 1. The van der Waals surface area contributed by atoms with E-state index in [1.165, 1.54) is 19.2 Å². The van der Waals surface area contributed by atoms with Crippen LogP contribution in [-0.4, -0.2) is 26.0 Å². The summed E-state index contributed by atoms with van der Waals surface area (Å²) in [5, 5.41) is 10.9. The average molecular weight is 288 g/mol. The lowest BCUT2D eigenvalue weighted by atomic mass is 10.1. The van der Waals surface area contributed by atoms with Crippen LogP contribution in [0.15, 0.2) is 23.1 Å². The molecule has 7 nitrogen and oxygen atoms in total. The molecule has 0 saturated carbocycles. The lowest BCUT2D eigenvalue weighted by Crippen LogP contribution is -2.40. The second-order valence-corrected chi connectivity index (χ2v) is 6.63. The van der Waals surface area contributed by atoms with Crippen molar-refractivity contribution in [3.8, 4) is 5.75 Å². The van der Waals surface area contributed by atoms with Gasteiger partial charge < -0.3 is 4.74 Å². The van der Waals surface area contributed by atoms with Gasteiger partial charge in [-0.25, -0.2) is 13.1 Å². The maximum atomic E-state index is 12.0. The summed E-state index contributed by atoms with van der Waals surface area (Å²) in [6.07, 6.45) is 0. The molecule has 0 fully saturated rings. The number of methoxy groups -OCH3 is 1. The number of hydrogen-bond donors (Lipinski definition) is 1. The zero-order valence-corrected chi connectivity index (χ0v) is 11.9. The van der Waals surface area contributed by atoms with Gasteiger partial charge in [0.1, 0.15) is 0 Å². The predicted molar refractivity (Wildman–Crippen MR) is 69.7 cm³/mol. The van der Waals surface area contributed by atoms with Crippen molar-refractivity contribution < 1.29 is 18.1 Å². The van der Waals surface area contributed by atoms with E-state index in [0.717, 1.165) is 6.07 Å². The Kier molecular flexibility index (Phi) is 4.16. The number of rotatable bonds is 4. The van der Waals surface area contributed by atoms with Crippen molar-refractivity contribution in [3.63, 3.8) is 0 Å². The molecule has 1 aromatic carbocycles. The van der Waals surface area contributed by atoms with E-state index in [2.05, 4.69) is 4.72 Å². The van der Waals surface area contributed by atoms with Gasteiger partial charge in [0.15, 0.2) is 5.75 Å². The van der Waals surface area contributed by atoms with Gasteiger partial charge in [0, 0.05) is 11.6 Å². The van der Waals surface area contributed by atoms with Crippen LogP contribution in [0.4, 0.5) is 5.69 Å². The first kappa shape index (κ1) is 15.4. The maximum absolute atomic E-state index is 12.0. The first-order valence-electron chi connectivity index (χ1n) is 5.43. The molecule has 8 heteroatoms. The Morgan fingerprint density at radius 2 is 1.89 bits per heavy atom.